The van der Waals surface area contributed by atoms with Crippen LogP contribution in [0.25, 0.3) is 0 Å². The highest BCUT2D eigenvalue weighted by Gasteiger charge is 2.70. The monoisotopic (exact) mass is 730 g/mol. The van der Waals surface area contributed by atoms with E-state index in [0.717, 1.165) is 31.1 Å². The van der Waals surface area contributed by atoms with Crippen molar-refractivity contribution in [3.63, 3.8) is 0 Å². The third kappa shape index (κ3) is 9.48. The molecule has 14 heteroatoms. The van der Waals surface area contributed by atoms with E-state index in [4.69, 9.17) is 5.73 Å². The molecule has 1 aromatic rings. The van der Waals surface area contributed by atoms with Crippen LogP contribution in [0.4, 0.5) is 4.79 Å². The molecule has 3 aliphatic rings. The number of piperidine rings is 1. The van der Waals surface area contributed by atoms with Gasteiger partial charge in [-0.05, 0) is 46.0 Å². The van der Waals surface area contributed by atoms with Crippen molar-refractivity contribution in [1.29, 1.82) is 0 Å². The molecule has 284 valence electrons. The highest BCUT2D eigenvalue weighted by atomic mass is 32.2. The number of urea groups is 1. The fourth-order valence-electron chi connectivity index (χ4n) is 7.52. The third-order valence-corrected chi connectivity index (χ3v) is 12.4. The Morgan fingerprint density at radius 2 is 1.57 bits per heavy atom. The number of primary amides is 1. The van der Waals surface area contributed by atoms with Crippen LogP contribution in [0.15, 0.2) is 30.3 Å². The molecule has 0 aromatic heterocycles. The SMILES string of the molecule is CC(C)(C)[C@H](NC(=O)N[C@H](CN(Cc1ccccc1)S(C)(=O)=O)C(C)(C)C)C(=O)N1C[C@H]2[C@@H]([C@H]1C(=O)NC(CC1CCC1)C(=O)C(N)=O)C2(C)C. The predicted octanol–water partition coefficient (Wildman–Crippen LogP) is 2.79. The predicted molar refractivity (Wildman–Crippen MR) is 194 cm³/mol. The topological polar surface area (TPSA) is 188 Å². The van der Waals surface area contributed by atoms with Crippen LogP contribution in [0, 0.1) is 34.0 Å². The van der Waals surface area contributed by atoms with Gasteiger partial charge in [0.1, 0.15) is 12.1 Å². The zero-order chi connectivity index (χ0) is 38.3. The summed E-state index contributed by atoms with van der Waals surface area (Å²) in [6.45, 7) is 15.7. The van der Waals surface area contributed by atoms with Gasteiger partial charge in [0.2, 0.25) is 27.6 Å². The van der Waals surface area contributed by atoms with Crippen molar-refractivity contribution in [3.8, 4) is 0 Å². The van der Waals surface area contributed by atoms with Crippen LogP contribution in [-0.2, 0) is 35.7 Å². The Morgan fingerprint density at radius 1 is 0.961 bits per heavy atom. The number of carbonyl (C=O) groups is 5. The Morgan fingerprint density at radius 3 is 2.06 bits per heavy atom. The van der Waals surface area contributed by atoms with Crippen molar-refractivity contribution >= 4 is 39.6 Å². The Labute approximate surface area is 303 Å². The molecule has 0 spiro atoms. The van der Waals surface area contributed by atoms with Gasteiger partial charge in [0, 0.05) is 25.7 Å². The molecule has 1 unspecified atom stereocenters. The van der Waals surface area contributed by atoms with Crippen molar-refractivity contribution in [1.82, 2.24) is 25.2 Å². The van der Waals surface area contributed by atoms with Crippen LogP contribution >= 0.6 is 0 Å². The molecule has 1 aromatic carbocycles. The van der Waals surface area contributed by atoms with Gasteiger partial charge in [0.25, 0.3) is 5.91 Å². The number of nitrogens with one attached hydrogen (secondary N) is 3. The van der Waals surface area contributed by atoms with E-state index in [1.54, 1.807) is 0 Å². The summed E-state index contributed by atoms with van der Waals surface area (Å²) in [6.07, 6.45) is 4.28. The smallest absolute Gasteiger partial charge is 0.315 e. The summed E-state index contributed by atoms with van der Waals surface area (Å²) in [6, 6.07) is 4.89. The molecule has 0 bridgehead atoms. The Hall–Kier alpha value is -3.52. The van der Waals surface area contributed by atoms with Crippen molar-refractivity contribution in [3.05, 3.63) is 35.9 Å². The minimum atomic E-state index is -3.66. The summed E-state index contributed by atoms with van der Waals surface area (Å²) in [7, 11) is -3.66. The number of likely N-dealkylation sites (tertiary alicyclic amines) is 1. The van der Waals surface area contributed by atoms with E-state index in [-0.39, 0.29) is 36.3 Å². The number of benzene rings is 1. The van der Waals surface area contributed by atoms with Crippen LogP contribution < -0.4 is 21.7 Å². The lowest BCUT2D eigenvalue weighted by atomic mass is 9.80. The van der Waals surface area contributed by atoms with E-state index in [1.165, 1.54) is 9.21 Å². The van der Waals surface area contributed by atoms with E-state index in [0.29, 0.717) is 13.0 Å². The van der Waals surface area contributed by atoms with E-state index in [1.807, 2.05) is 85.7 Å². The standard InChI is InChI=1S/C37H58N6O7S/c1-35(2,3)26(21-42(51(9,49)50)19-23-14-11-10-12-15-23)40-34(48)41-30(36(4,5)6)33(47)43-20-24-27(37(24,7)8)28(43)32(46)39-25(29(44)31(38)45)18-22-16-13-17-22/h10-12,14-15,22,24-28,30H,13,16-21H2,1-9H3,(H2,38,45)(H,39,46)(H2,40,41,48)/t24-,25?,26+,27-,28-,30+/m0/s1. The van der Waals surface area contributed by atoms with E-state index in [9.17, 15) is 32.4 Å². The van der Waals surface area contributed by atoms with Gasteiger partial charge in [0.15, 0.2) is 0 Å². The number of ketones is 1. The van der Waals surface area contributed by atoms with E-state index in [2.05, 4.69) is 16.0 Å². The summed E-state index contributed by atoms with van der Waals surface area (Å²) in [5, 5.41) is 8.61. The van der Waals surface area contributed by atoms with Crippen LogP contribution in [0.2, 0.25) is 0 Å². The second kappa shape index (κ2) is 14.8. The number of nitrogens with zero attached hydrogens (tertiary/aromatic N) is 2. The fourth-order valence-corrected chi connectivity index (χ4v) is 8.33. The highest BCUT2D eigenvalue weighted by Crippen LogP contribution is 2.65. The molecule has 4 rings (SSSR count). The van der Waals surface area contributed by atoms with Gasteiger partial charge < -0.3 is 26.6 Å². The summed E-state index contributed by atoms with van der Waals surface area (Å²) in [5.74, 6) is -2.83. The molecule has 2 aliphatic carbocycles. The normalized spacial score (nSPS) is 23.3. The average Bonchev–Trinajstić information content (AvgIpc) is 3.30. The third-order valence-electron chi connectivity index (χ3n) is 11.2. The van der Waals surface area contributed by atoms with Gasteiger partial charge in [-0.25, -0.2) is 13.2 Å². The number of sulfonamides is 1. The second-order valence-corrected chi connectivity index (χ2v) is 19.6. The number of rotatable bonds is 14. The average molecular weight is 731 g/mol. The second-order valence-electron chi connectivity index (χ2n) is 17.6. The number of fused-ring (bicyclic) bond motifs is 1. The van der Waals surface area contributed by atoms with Crippen LogP contribution in [0.1, 0.15) is 86.6 Å². The number of carbonyl (C=O) groups excluding carboxylic acids is 5. The molecule has 5 amide bonds. The van der Waals surface area contributed by atoms with Gasteiger partial charge >= 0.3 is 6.03 Å². The van der Waals surface area contributed by atoms with Gasteiger partial charge in [0.05, 0.1) is 12.3 Å². The maximum atomic E-state index is 14.5. The maximum Gasteiger partial charge on any atom is 0.315 e. The lowest BCUT2D eigenvalue weighted by Crippen LogP contribution is -2.62. The molecule has 0 radical (unpaired) electrons. The number of nitrogens with two attached hydrogens (primary N) is 1. The number of amides is 5. The summed E-state index contributed by atoms with van der Waals surface area (Å²) in [4.78, 5) is 68.4. The minimum Gasteiger partial charge on any atom is -0.363 e. The fraction of sp³-hybridized carbons (Fsp3) is 0.703. The van der Waals surface area contributed by atoms with Crippen molar-refractivity contribution in [2.24, 2.45) is 39.7 Å². The van der Waals surface area contributed by atoms with E-state index >= 15 is 0 Å². The first-order valence-electron chi connectivity index (χ1n) is 17.9. The van der Waals surface area contributed by atoms with Gasteiger partial charge in [-0.15, -0.1) is 0 Å². The van der Waals surface area contributed by atoms with Crippen LogP contribution in [0.5, 0.6) is 0 Å². The van der Waals surface area contributed by atoms with Crippen molar-refractivity contribution < 1.29 is 32.4 Å². The Kier molecular flexibility index (Phi) is 11.7. The molecule has 1 aliphatic heterocycles. The largest absolute Gasteiger partial charge is 0.363 e. The minimum absolute atomic E-state index is 0.00234. The Bertz CT molecular complexity index is 1600. The molecular weight excluding hydrogens is 673 g/mol. The zero-order valence-corrected chi connectivity index (χ0v) is 32.4. The molecule has 51 heavy (non-hydrogen) atoms. The Balaban J connectivity index is 1.54. The molecule has 1 saturated heterocycles. The molecule has 5 N–H and O–H groups in total. The van der Waals surface area contributed by atoms with Gasteiger partial charge in [-0.2, -0.15) is 4.31 Å². The molecule has 6 atom stereocenters. The van der Waals surface area contributed by atoms with Gasteiger partial charge in [-0.1, -0.05) is 105 Å². The van der Waals surface area contributed by atoms with Crippen molar-refractivity contribution in [2.75, 3.05) is 19.3 Å². The maximum absolute atomic E-state index is 14.5. The lowest BCUT2D eigenvalue weighted by Gasteiger charge is -2.39. The highest BCUT2D eigenvalue weighted by molar-refractivity contribution is 7.88. The lowest BCUT2D eigenvalue weighted by molar-refractivity contribution is -0.145. The van der Waals surface area contributed by atoms with E-state index < -0.39 is 74.6 Å². The summed E-state index contributed by atoms with van der Waals surface area (Å²) < 4.78 is 27.1. The first kappa shape index (κ1) is 40.3. The van der Waals surface area contributed by atoms with Crippen LogP contribution in [-0.4, -0.2) is 90.7 Å². The van der Waals surface area contributed by atoms with Gasteiger partial charge in [-0.3, -0.25) is 19.2 Å². The molecule has 2 saturated carbocycles. The summed E-state index contributed by atoms with van der Waals surface area (Å²) >= 11 is 0. The quantitative estimate of drug-likeness (QED) is 0.212. The number of hydrogen-bond donors (Lipinski definition) is 4. The zero-order valence-electron chi connectivity index (χ0n) is 31.6. The number of hydrogen-bond acceptors (Lipinski definition) is 7. The van der Waals surface area contributed by atoms with Crippen LogP contribution in [0.3, 0.4) is 0 Å². The molecule has 3 fully saturated rings. The molecule has 1 heterocycles. The molecule has 13 nitrogen and oxygen atoms in total. The summed E-state index contributed by atoms with van der Waals surface area (Å²) in [5.41, 5.74) is 4.58. The van der Waals surface area contributed by atoms with Crippen molar-refractivity contribution in [2.45, 2.75) is 112 Å². The first-order valence-corrected chi connectivity index (χ1v) is 19.8. The molecular formula is C37H58N6O7S. The number of Topliss-reactive ketones (excluding diaryl/α,β-unsaturated/α-hetero) is 1. The first-order chi connectivity index (χ1) is 23.4.